The van der Waals surface area contributed by atoms with E-state index >= 15 is 0 Å². The summed E-state index contributed by atoms with van der Waals surface area (Å²) in [7, 11) is 0. The maximum atomic E-state index is 9.12. The monoisotopic (exact) mass is 420 g/mol. The van der Waals surface area contributed by atoms with Gasteiger partial charge in [-0.05, 0) is 0 Å². The molecule has 1 heterocycles. The van der Waals surface area contributed by atoms with Crippen molar-refractivity contribution >= 4 is 23.9 Å². The number of ether oxygens (including phenoxy) is 1. The van der Waals surface area contributed by atoms with Crippen molar-refractivity contribution in [3.8, 4) is 0 Å². The van der Waals surface area contributed by atoms with E-state index in [9.17, 15) is 0 Å². The molecule has 1 aliphatic rings. The van der Waals surface area contributed by atoms with E-state index in [2.05, 4.69) is 4.74 Å². The van der Waals surface area contributed by atoms with Crippen LogP contribution in [0.4, 0.5) is 0 Å². The highest BCUT2D eigenvalue weighted by Gasteiger charge is 2.42. The lowest BCUT2D eigenvalue weighted by atomic mass is 10.00. The Morgan fingerprint density at radius 3 is 1.11 bits per heavy atom. The summed E-state index contributed by atoms with van der Waals surface area (Å²) in [6.07, 6.45) is -7.04. The van der Waals surface area contributed by atoms with Gasteiger partial charge in [0.1, 0.15) is 24.4 Å². The van der Waals surface area contributed by atoms with E-state index < -0.39 is 61.2 Å². The Morgan fingerprint density at radius 1 is 0.643 bits per heavy atom. The number of carbonyl (C=O) groups is 4. The van der Waals surface area contributed by atoms with E-state index in [1.54, 1.807) is 0 Å². The molecule has 28 heavy (non-hydrogen) atoms. The van der Waals surface area contributed by atoms with Crippen molar-refractivity contribution in [1.29, 1.82) is 0 Å². The summed E-state index contributed by atoms with van der Waals surface area (Å²) < 4.78 is 4.58. The quantitative estimate of drug-likeness (QED) is 0.207. The maximum Gasteiger partial charge on any atom is 0.300 e. The summed E-state index contributed by atoms with van der Waals surface area (Å²) in [5.41, 5.74) is 0. The largest absolute Gasteiger partial charge is 0.481 e. The van der Waals surface area contributed by atoms with Gasteiger partial charge in [-0.2, -0.15) is 0 Å². The first kappa shape index (κ1) is 33.2. The molecule has 168 valence electrons. The van der Waals surface area contributed by atoms with Crippen molar-refractivity contribution in [2.45, 2.75) is 58.4 Å². The Kier molecular flexibility index (Phi) is 23.0. The molecule has 0 aliphatic carbocycles. The molecule has 1 saturated heterocycles. The number of hydrogen-bond acceptors (Lipinski definition) is 10. The van der Waals surface area contributed by atoms with Gasteiger partial charge in [-0.1, -0.05) is 0 Å². The van der Waals surface area contributed by atoms with Crippen molar-refractivity contribution < 1.29 is 69.9 Å². The zero-order valence-electron chi connectivity index (χ0n) is 15.7. The summed E-state index contributed by atoms with van der Waals surface area (Å²) in [5, 5.41) is 74.3. The van der Waals surface area contributed by atoms with Crippen LogP contribution in [0.1, 0.15) is 27.7 Å². The van der Waals surface area contributed by atoms with Crippen molar-refractivity contribution in [2.24, 2.45) is 0 Å². The fourth-order valence-electron chi connectivity index (χ4n) is 1.08. The van der Waals surface area contributed by atoms with Crippen molar-refractivity contribution in [1.82, 2.24) is 0 Å². The summed E-state index contributed by atoms with van der Waals surface area (Å²) >= 11 is 0. The summed E-state index contributed by atoms with van der Waals surface area (Å²) in [6.45, 7) is 3.81. The fourth-order valence-corrected chi connectivity index (χ4v) is 1.08. The van der Waals surface area contributed by atoms with Crippen LogP contribution in [0.15, 0.2) is 0 Å². The zero-order chi connectivity index (χ0) is 23.6. The van der Waals surface area contributed by atoms with E-state index in [4.69, 9.17) is 65.1 Å². The first-order valence-corrected chi connectivity index (χ1v) is 7.27. The number of rotatable bonds is 1. The number of aliphatic hydroxyl groups excluding tert-OH is 5. The van der Waals surface area contributed by atoms with E-state index in [-0.39, 0.29) is 0 Å². The first-order valence-electron chi connectivity index (χ1n) is 7.27. The van der Waals surface area contributed by atoms with Crippen LogP contribution in [0.2, 0.25) is 0 Å². The Bertz CT molecular complexity index is 383. The molecule has 0 bridgehead atoms. The smallest absolute Gasteiger partial charge is 0.300 e. The Labute approximate surface area is 159 Å². The fraction of sp³-hybridized carbons (Fsp3) is 0.714. The summed E-state index contributed by atoms with van der Waals surface area (Å²) in [5.74, 6) is -3.33. The van der Waals surface area contributed by atoms with Gasteiger partial charge in [-0.15, -0.1) is 0 Å². The lowest BCUT2D eigenvalue weighted by molar-refractivity contribution is -0.286. The Balaban J connectivity index is -0.000000150. The van der Waals surface area contributed by atoms with Gasteiger partial charge in [0.15, 0.2) is 6.29 Å². The van der Waals surface area contributed by atoms with Gasteiger partial charge in [-0.25, -0.2) is 0 Å². The number of carboxylic acid groups (broad SMARTS) is 4. The highest BCUT2D eigenvalue weighted by molar-refractivity contribution is 5.63. The number of aliphatic carboxylic acids is 4. The molecule has 0 spiro atoms. The second-order valence-corrected chi connectivity index (χ2v) is 4.80. The minimum Gasteiger partial charge on any atom is -0.481 e. The highest BCUT2D eigenvalue weighted by Crippen LogP contribution is 2.18. The number of hydrogen-bond donors (Lipinski definition) is 9. The third-order valence-electron chi connectivity index (χ3n) is 1.87. The second-order valence-electron chi connectivity index (χ2n) is 4.80. The molecule has 1 aliphatic heterocycles. The number of aliphatic hydroxyl groups is 5. The van der Waals surface area contributed by atoms with Crippen LogP contribution in [-0.4, -0.2) is 107 Å². The van der Waals surface area contributed by atoms with Crippen molar-refractivity contribution in [2.75, 3.05) is 6.61 Å². The predicted molar refractivity (Wildman–Crippen MR) is 89.2 cm³/mol. The van der Waals surface area contributed by atoms with Gasteiger partial charge in [0.2, 0.25) is 0 Å². The molecule has 0 aromatic heterocycles. The van der Waals surface area contributed by atoms with E-state index in [0.29, 0.717) is 0 Å². The SMILES string of the molecule is CC(=O)O.CC(=O)O.CC(=O)O.CC(=O)O.OCC1OC(O)C(O)C(O)C1O. The Hall–Kier alpha value is -2.36. The van der Waals surface area contributed by atoms with E-state index in [1.165, 1.54) is 0 Å². The first-order chi connectivity index (χ1) is 12.5. The summed E-state index contributed by atoms with van der Waals surface area (Å²) in [6, 6.07) is 0. The van der Waals surface area contributed by atoms with E-state index in [1.807, 2.05) is 0 Å². The third kappa shape index (κ3) is 31.4. The maximum absolute atomic E-state index is 9.12. The molecule has 0 saturated carbocycles. The van der Waals surface area contributed by atoms with Gasteiger partial charge in [-0.3, -0.25) is 19.2 Å². The molecule has 0 aromatic rings. The zero-order valence-corrected chi connectivity index (χ0v) is 15.7. The molecule has 14 nitrogen and oxygen atoms in total. The lowest BCUT2D eigenvalue weighted by Crippen LogP contribution is -2.58. The second kappa shape index (κ2) is 19.4. The topological polar surface area (TPSA) is 260 Å². The molecule has 0 amide bonds. The molecule has 5 unspecified atom stereocenters. The highest BCUT2D eigenvalue weighted by atomic mass is 16.6. The van der Waals surface area contributed by atoms with Crippen LogP contribution in [0.5, 0.6) is 0 Å². The Morgan fingerprint density at radius 2 is 0.893 bits per heavy atom. The molecule has 1 rings (SSSR count). The molecule has 0 aromatic carbocycles. The average Bonchev–Trinajstić information content (AvgIpc) is 2.46. The van der Waals surface area contributed by atoms with Crippen LogP contribution in [-0.2, 0) is 23.9 Å². The van der Waals surface area contributed by atoms with Crippen LogP contribution < -0.4 is 0 Å². The summed E-state index contributed by atoms with van der Waals surface area (Å²) in [4.78, 5) is 36.0. The van der Waals surface area contributed by atoms with Gasteiger partial charge in [0.25, 0.3) is 23.9 Å². The molecular weight excluding hydrogens is 392 g/mol. The van der Waals surface area contributed by atoms with Crippen molar-refractivity contribution in [3.63, 3.8) is 0 Å². The molecule has 5 atom stereocenters. The average molecular weight is 420 g/mol. The van der Waals surface area contributed by atoms with Gasteiger partial charge < -0.3 is 50.7 Å². The standard InChI is InChI=1S/C6H12O6.4C2H4O2/c7-1-2-3(8)4(9)5(10)6(11)12-2;4*1-2(3)4/h2-11H,1H2;4*1H3,(H,3,4). The third-order valence-corrected chi connectivity index (χ3v) is 1.87. The number of carboxylic acids is 4. The van der Waals surface area contributed by atoms with Gasteiger partial charge in [0.05, 0.1) is 6.61 Å². The van der Waals surface area contributed by atoms with Crippen LogP contribution in [0.3, 0.4) is 0 Å². The lowest BCUT2D eigenvalue weighted by Gasteiger charge is -2.37. The minimum absolute atomic E-state index is 0.526. The molecule has 1 fully saturated rings. The normalized spacial score (nSPS) is 24.7. The molecule has 9 N–H and O–H groups in total. The van der Waals surface area contributed by atoms with Crippen LogP contribution in [0, 0.1) is 0 Å². The van der Waals surface area contributed by atoms with Crippen molar-refractivity contribution in [3.05, 3.63) is 0 Å². The van der Waals surface area contributed by atoms with Gasteiger partial charge >= 0.3 is 0 Å². The minimum atomic E-state index is -1.57. The van der Waals surface area contributed by atoms with Gasteiger partial charge in [0, 0.05) is 27.7 Å². The molecular formula is C14H28O14. The van der Waals surface area contributed by atoms with Crippen LogP contribution >= 0.6 is 0 Å². The van der Waals surface area contributed by atoms with E-state index in [0.717, 1.165) is 27.7 Å². The van der Waals surface area contributed by atoms with Crippen LogP contribution in [0.25, 0.3) is 0 Å². The molecule has 0 radical (unpaired) electrons. The molecule has 14 heteroatoms. The predicted octanol–water partition coefficient (Wildman–Crippen LogP) is -2.86.